The van der Waals surface area contributed by atoms with E-state index in [0.29, 0.717) is 17.4 Å². The van der Waals surface area contributed by atoms with Gasteiger partial charge < -0.3 is 9.67 Å². The highest BCUT2D eigenvalue weighted by molar-refractivity contribution is 5.78. The number of aliphatic hydroxyl groups is 1. The van der Waals surface area contributed by atoms with Crippen LogP contribution in [0.4, 0.5) is 0 Å². The summed E-state index contributed by atoms with van der Waals surface area (Å²) in [4.78, 5) is 4.44. The summed E-state index contributed by atoms with van der Waals surface area (Å²) in [5.41, 5.74) is 2.42. The van der Waals surface area contributed by atoms with Crippen LogP contribution in [0.3, 0.4) is 0 Å². The second-order valence-corrected chi connectivity index (χ2v) is 4.56. The number of nitriles is 1. The first-order chi connectivity index (χ1) is 8.20. The van der Waals surface area contributed by atoms with Crippen LogP contribution in [0.5, 0.6) is 0 Å². The third-order valence-electron chi connectivity index (χ3n) is 3.13. The normalized spacial score (nSPS) is 17.0. The van der Waals surface area contributed by atoms with Crippen LogP contribution in [-0.2, 0) is 0 Å². The fourth-order valence-electron chi connectivity index (χ4n) is 2.20. The van der Waals surface area contributed by atoms with Gasteiger partial charge in [-0.15, -0.1) is 0 Å². The molecular weight excluding hydrogens is 214 g/mol. The summed E-state index contributed by atoms with van der Waals surface area (Å²) >= 11 is 0. The minimum Gasteiger partial charge on any atom is -0.385 e. The minimum atomic E-state index is -0.575. The third-order valence-corrected chi connectivity index (χ3v) is 3.13. The number of hydrogen-bond acceptors (Lipinski definition) is 3. The van der Waals surface area contributed by atoms with Crippen LogP contribution >= 0.6 is 0 Å². The lowest BCUT2D eigenvalue weighted by atomic mass is 10.2. The van der Waals surface area contributed by atoms with Gasteiger partial charge in [-0.25, -0.2) is 4.98 Å². The van der Waals surface area contributed by atoms with Crippen LogP contribution in [0, 0.1) is 11.3 Å². The highest BCUT2D eigenvalue weighted by Crippen LogP contribution is 2.39. The maximum Gasteiger partial charge on any atom is 0.138 e. The Morgan fingerprint density at radius 1 is 1.53 bits per heavy atom. The molecule has 0 unspecified atom stereocenters. The zero-order chi connectivity index (χ0) is 12.0. The lowest BCUT2D eigenvalue weighted by Gasteiger charge is -2.08. The predicted molar refractivity (Wildman–Crippen MR) is 63.4 cm³/mol. The van der Waals surface area contributed by atoms with Gasteiger partial charge in [-0.1, -0.05) is 0 Å². The fourth-order valence-corrected chi connectivity index (χ4v) is 2.20. The molecule has 86 valence electrons. The summed E-state index contributed by atoms with van der Waals surface area (Å²) < 4.78 is 2.11. The van der Waals surface area contributed by atoms with Crippen LogP contribution in [0.15, 0.2) is 18.2 Å². The molecule has 17 heavy (non-hydrogen) atoms. The number of aromatic nitrogens is 2. The van der Waals surface area contributed by atoms with Crippen molar-refractivity contribution < 1.29 is 5.11 Å². The van der Waals surface area contributed by atoms with Gasteiger partial charge in [0.2, 0.25) is 0 Å². The highest BCUT2D eigenvalue weighted by Gasteiger charge is 2.29. The van der Waals surface area contributed by atoms with Crippen molar-refractivity contribution in [3.63, 3.8) is 0 Å². The summed E-state index contributed by atoms with van der Waals surface area (Å²) in [5, 5.41) is 18.6. The Hall–Kier alpha value is -1.86. The number of imidazole rings is 1. The number of nitrogens with zero attached hydrogens (tertiary/aromatic N) is 3. The van der Waals surface area contributed by atoms with Gasteiger partial charge in [-0.05, 0) is 38.0 Å². The number of rotatable bonds is 2. The lowest BCUT2D eigenvalue weighted by Crippen LogP contribution is -2.04. The molecule has 0 aliphatic heterocycles. The molecule has 0 spiro atoms. The van der Waals surface area contributed by atoms with E-state index < -0.39 is 6.10 Å². The van der Waals surface area contributed by atoms with E-state index in [0.717, 1.165) is 23.9 Å². The maximum atomic E-state index is 9.76. The molecule has 0 bridgehead atoms. The minimum absolute atomic E-state index is 0.470. The first kappa shape index (κ1) is 10.3. The van der Waals surface area contributed by atoms with E-state index in [1.165, 1.54) is 0 Å². The van der Waals surface area contributed by atoms with Crippen molar-refractivity contribution in [2.24, 2.45) is 0 Å². The summed E-state index contributed by atoms with van der Waals surface area (Å²) in [7, 11) is 0. The standard InChI is InChI=1S/C13H13N3O/c1-8(17)13-15-11-6-9(7-14)2-5-12(11)16(13)10-3-4-10/h2,5-6,8,10,17H,3-4H2,1H3/t8-/m0/s1. The topological polar surface area (TPSA) is 61.8 Å². The van der Waals surface area contributed by atoms with Gasteiger partial charge in [0.25, 0.3) is 0 Å². The third kappa shape index (κ3) is 1.60. The number of benzene rings is 1. The average Bonchev–Trinajstić information content (AvgIpc) is 3.08. The van der Waals surface area contributed by atoms with Crippen LogP contribution in [0.1, 0.15) is 43.3 Å². The smallest absolute Gasteiger partial charge is 0.138 e. The van der Waals surface area contributed by atoms with Crippen LogP contribution in [0.2, 0.25) is 0 Å². The van der Waals surface area contributed by atoms with Crippen molar-refractivity contribution in [2.75, 3.05) is 0 Å². The van der Waals surface area contributed by atoms with E-state index in [4.69, 9.17) is 5.26 Å². The Morgan fingerprint density at radius 3 is 2.88 bits per heavy atom. The van der Waals surface area contributed by atoms with E-state index in [2.05, 4.69) is 15.6 Å². The van der Waals surface area contributed by atoms with Crippen molar-refractivity contribution in [1.29, 1.82) is 5.26 Å². The molecule has 4 nitrogen and oxygen atoms in total. The molecule has 1 atom stereocenters. The van der Waals surface area contributed by atoms with Gasteiger partial charge >= 0.3 is 0 Å². The highest BCUT2D eigenvalue weighted by atomic mass is 16.3. The van der Waals surface area contributed by atoms with Crippen molar-refractivity contribution in [1.82, 2.24) is 9.55 Å². The first-order valence-corrected chi connectivity index (χ1v) is 5.80. The zero-order valence-corrected chi connectivity index (χ0v) is 9.59. The molecule has 1 N–H and O–H groups in total. The Labute approximate surface area is 99.1 Å². The van der Waals surface area contributed by atoms with Gasteiger partial charge in [0.05, 0.1) is 22.7 Å². The molecule has 3 rings (SSSR count). The Bertz CT molecular complexity index is 617. The Morgan fingerprint density at radius 2 is 2.29 bits per heavy atom. The van der Waals surface area contributed by atoms with Gasteiger partial charge in [-0.3, -0.25) is 0 Å². The molecule has 4 heteroatoms. The van der Waals surface area contributed by atoms with E-state index >= 15 is 0 Å². The van der Waals surface area contributed by atoms with Gasteiger partial charge in [0.15, 0.2) is 0 Å². The molecule has 0 amide bonds. The number of aliphatic hydroxyl groups excluding tert-OH is 1. The summed E-state index contributed by atoms with van der Waals surface area (Å²) in [6.45, 7) is 1.73. The number of hydrogen-bond donors (Lipinski definition) is 1. The molecule has 1 aliphatic carbocycles. The molecule has 1 saturated carbocycles. The molecular formula is C13H13N3O. The largest absolute Gasteiger partial charge is 0.385 e. The van der Waals surface area contributed by atoms with Crippen molar-refractivity contribution in [3.05, 3.63) is 29.6 Å². The quantitative estimate of drug-likeness (QED) is 0.856. The monoisotopic (exact) mass is 227 g/mol. The summed E-state index contributed by atoms with van der Waals surface area (Å²) in [6, 6.07) is 8.08. The average molecular weight is 227 g/mol. The molecule has 1 fully saturated rings. The molecule has 1 aromatic heterocycles. The Kier molecular flexibility index (Phi) is 2.17. The summed E-state index contributed by atoms with van der Waals surface area (Å²) in [6.07, 6.45) is 1.71. The van der Waals surface area contributed by atoms with E-state index in [9.17, 15) is 5.11 Å². The van der Waals surface area contributed by atoms with Gasteiger partial charge in [0, 0.05) is 6.04 Å². The molecule has 2 aromatic rings. The van der Waals surface area contributed by atoms with E-state index in [-0.39, 0.29) is 0 Å². The van der Waals surface area contributed by atoms with E-state index in [1.54, 1.807) is 19.1 Å². The Balaban J connectivity index is 2.27. The lowest BCUT2D eigenvalue weighted by molar-refractivity contribution is 0.184. The van der Waals surface area contributed by atoms with Crippen molar-refractivity contribution in [2.45, 2.75) is 31.9 Å². The molecule has 0 saturated heterocycles. The SMILES string of the molecule is C[C@H](O)c1nc2cc(C#N)ccc2n1C1CC1. The zero-order valence-electron chi connectivity index (χ0n) is 9.59. The van der Waals surface area contributed by atoms with Crippen molar-refractivity contribution >= 4 is 11.0 Å². The first-order valence-electron chi connectivity index (χ1n) is 5.80. The van der Waals surface area contributed by atoms with Crippen LogP contribution < -0.4 is 0 Å². The maximum absolute atomic E-state index is 9.76. The fraction of sp³-hybridized carbons (Fsp3) is 0.385. The predicted octanol–water partition coefficient (Wildman–Crippen LogP) is 2.30. The summed E-state index contributed by atoms with van der Waals surface area (Å²) in [5.74, 6) is 0.706. The second kappa shape index (κ2) is 3.57. The molecule has 1 heterocycles. The molecule has 1 aromatic carbocycles. The van der Waals surface area contributed by atoms with Crippen LogP contribution in [0.25, 0.3) is 11.0 Å². The molecule has 1 aliphatic rings. The second-order valence-electron chi connectivity index (χ2n) is 4.56. The molecule has 0 radical (unpaired) electrons. The van der Waals surface area contributed by atoms with E-state index in [1.807, 2.05) is 6.07 Å². The van der Waals surface area contributed by atoms with Crippen molar-refractivity contribution in [3.8, 4) is 6.07 Å². The number of fused-ring (bicyclic) bond motifs is 1. The van der Waals surface area contributed by atoms with Crippen LogP contribution in [-0.4, -0.2) is 14.7 Å². The van der Waals surface area contributed by atoms with Gasteiger partial charge in [-0.2, -0.15) is 5.26 Å². The van der Waals surface area contributed by atoms with Gasteiger partial charge in [0.1, 0.15) is 11.9 Å².